The quantitative estimate of drug-likeness (QED) is 0.595. The number of amides is 2. The summed E-state index contributed by atoms with van der Waals surface area (Å²) in [4.78, 5) is 39.6. The summed E-state index contributed by atoms with van der Waals surface area (Å²) in [5, 5.41) is 0.724. The molecule has 33 heavy (non-hydrogen) atoms. The van der Waals surface area contributed by atoms with Gasteiger partial charge in [0.2, 0.25) is 5.76 Å². The fourth-order valence-corrected chi connectivity index (χ4v) is 4.61. The number of rotatable bonds is 6. The molecule has 0 radical (unpaired) electrons. The Hall–Kier alpha value is -3.36. The molecule has 0 spiro atoms. The Morgan fingerprint density at radius 3 is 2.67 bits per heavy atom. The number of ether oxygens (including phenoxy) is 2. The number of hydrogen-bond acceptors (Lipinski definition) is 6. The molecule has 3 aromatic rings. The average Bonchev–Trinajstić information content (AvgIpc) is 3.41. The van der Waals surface area contributed by atoms with E-state index in [1.807, 2.05) is 0 Å². The largest absolute Gasteiger partial charge is 0.484 e. The van der Waals surface area contributed by atoms with Crippen molar-refractivity contribution < 1.29 is 23.5 Å². The van der Waals surface area contributed by atoms with Gasteiger partial charge < -0.3 is 24.5 Å². The lowest BCUT2D eigenvalue weighted by Crippen LogP contribution is -2.36. The number of benzene rings is 2. The molecule has 3 heterocycles. The summed E-state index contributed by atoms with van der Waals surface area (Å²) in [5.41, 5.74) is 6.13. The molecule has 2 N–H and O–H groups in total. The number of hydrogen-bond donors (Lipinski definition) is 1. The molecule has 2 atom stereocenters. The van der Waals surface area contributed by atoms with E-state index in [-0.39, 0.29) is 35.4 Å². The lowest BCUT2D eigenvalue weighted by Gasteiger charge is -2.27. The minimum absolute atomic E-state index is 0.0341. The molecule has 1 saturated heterocycles. The summed E-state index contributed by atoms with van der Waals surface area (Å²) in [6.07, 6.45) is 1.66. The number of fused-ring (bicyclic) bond motifs is 2. The minimum Gasteiger partial charge on any atom is -0.484 e. The second-order valence-electron chi connectivity index (χ2n) is 8.13. The van der Waals surface area contributed by atoms with Gasteiger partial charge in [-0.3, -0.25) is 14.4 Å². The van der Waals surface area contributed by atoms with Crippen LogP contribution in [0.1, 0.15) is 40.6 Å². The molecule has 5 rings (SSSR count). The first kappa shape index (κ1) is 21.5. The molecule has 9 heteroatoms. The molecule has 2 amide bonds. The summed E-state index contributed by atoms with van der Waals surface area (Å²) < 4.78 is 17.0. The summed E-state index contributed by atoms with van der Waals surface area (Å²) in [5.74, 6) is -0.453. The number of primary amides is 1. The lowest BCUT2D eigenvalue weighted by atomic mass is 9.98. The Labute approximate surface area is 193 Å². The maximum Gasteiger partial charge on any atom is 0.291 e. The highest BCUT2D eigenvalue weighted by Crippen LogP contribution is 2.39. The molecule has 0 bridgehead atoms. The molecule has 2 aliphatic heterocycles. The van der Waals surface area contributed by atoms with Gasteiger partial charge in [0.05, 0.1) is 23.1 Å². The first-order valence-electron chi connectivity index (χ1n) is 10.6. The van der Waals surface area contributed by atoms with Crippen LogP contribution in [0.25, 0.3) is 11.0 Å². The average molecular weight is 469 g/mol. The highest BCUT2D eigenvalue weighted by Gasteiger charge is 2.43. The van der Waals surface area contributed by atoms with Gasteiger partial charge in [0.15, 0.2) is 12.0 Å². The number of halogens is 1. The van der Waals surface area contributed by atoms with Gasteiger partial charge in [-0.25, -0.2) is 0 Å². The maximum atomic E-state index is 13.5. The second kappa shape index (κ2) is 8.53. The zero-order valence-corrected chi connectivity index (χ0v) is 18.3. The van der Waals surface area contributed by atoms with Crippen LogP contribution in [0.4, 0.5) is 0 Å². The van der Waals surface area contributed by atoms with Crippen LogP contribution in [0, 0.1) is 0 Å². The fraction of sp³-hybridized carbons (Fsp3) is 0.292. The zero-order chi connectivity index (χ0) is 23.1. The number of carbonyl (C=O) groups is 2. The van der Waals surface area contributed by atoms with Crippen LogP contribution < -0.4 is 15.9 Å². The van der Waals surface area contributed by atoms with Crippen molar-refractivity contribution in [2.75, 3.05) is 19.8 Å². The van der Waals surface area contributed by atoms with Gasteiger partial charge in [-0.05, 0) is 48.7 Å². The Morgan fingerprint density at radius 1 is 1.18 bits per heavy atom. The van der Waals surface area contributed by atoms with Gasteiger partial charge in [-0.2, -0.15) is 0 Å². The standard InChI is InChI=1S/C24H21ClN2O6/c25-14-5-8-18-17(10-14)22(29)20-21(13-3-6-15(7-4-13)32-12-19(26)28)27(24(30)23(20)33-18)11-16-2-1-9-31-16/h3-8,10,16,21H,1-2,9,11-12H2,(H2,26,28)/t16-,21-/m1/s1. The highest BCUT2D eigenvalue weighted by molar-refractivity contribution is 6.31. The van der Waals surface area contributed by atoms with Crippen molar-refractivity contribution in [3.63, 3.8) is 0 Å². The molecule has 1 fully saturated rings. The van der Waals surface area contributed by atoms with Gasteiger partial charge in [0, 0.05) is 18.2 Å². The summed E-state index contributed by atoms with van der Waals surface area (Å²) in [6.45, 7) is 0.742. The van der Waals surface area contributed by atoms with Gasteiger partial charge in [0.25, 0.3) is 11.8 Å². The Balaban J connectivity index is 1.60. The van der Waals surface area contributed by atoms with Crippen LogP contribution in [0.15, 0.2) is 51.7 Å². The van der Waals surface area contributed by atoms with Crippen molar-refractivity contribution in [1.29, 1.82) is 0 Å². The maximum absolute atomic E-state index is 13.5. The van der Waals surface area contributed by atoms with Crippen molar-refractivity contribution in [1.82, 2.24) is 4.90 Å². The molecule has 170 valence electrons. The smallest absolute Gasteiger partial charge is 0.291 e. The van der Waals surface area contributed by atoms with Gasteiger partial charge >= 0.3 is 0 Å². The lowest BCUT2D eigenvalue weighted by molar-refractivity contribution is -0.119. The van der Waals surface area contributed by atoms with Gasteiger partial charge in [-0.1, -0.05) is 23.7 Å². The predicted octanol–water partition coefficient (Wildman–Crippen LogP) is 3.03. The van der Waals surface area contributed by atoms with E-state index in [0.717, 1.165) is 12.8 Å². The van der Waals surface area contributed by atoms with Crippen molar-refractivity contribution in [2.45, 2.75) is 25.0 Å². The molecule has 0 unspecified atom stereocenters. The Bertz CT molecular complexity index is 1300. The zero-order valence-electron chi connectivity index (χ0n) is 17.6. The van der Waals surface area contributed by atoms with Crippen LogP contribution in [0.5, 0.6) is 5.75 Å². The summed E-state index contributed by atoms with van der Waals surface area (Å²) in [6, 6.07) is 11.0. The number of nitrogens with two attached hydrogens (primary N) is 1. The first-order chi connectivity index (χ1) is 15.9. The van der Waals surface area contributed by atoms with E-state index >= 15 is 0 Å². The molecular formula is C24H21ClN2O6. The van der Waals surface area contributed by atoms with E-state index in [1.165, 1.54) is 0 Å². The van der Waals surface area contributed by atoms with E-state index in [4.69, 9.17) is 31.2 Å². The minimum atomic E-state index is -0.651. The highest BCUT2D eigenvalue weighted by atomic mass is 35.5. The third kappa shape index (κ3) is 3.96. The van der Waals surface area contributed by atoms with E-state index in [2.05, 4.69) is 0 Å². The molecule has 8 nitrogen and oxygen atoms in total. The normalized spacial score (nSPS) is 19.8. The Kier molecular flexibility index (Phi) is 5.55. The number of carbonyl (C=O) groups excluding carboxylic acids is 2. The first-order valence-corrected chi connectivity index (χ1v) is 11.0. The van der Waals surface area contributed by atoms with Crippen LogP contribution in [0.2, 0.25) is 5.02 Å². The van der Waals surface area contributed by atoms with Crippen molar-refractivity contribution in [3.8, 4) is 5.75 Å². The Morgan fingerprint density at radius 2 is 1.97 bits per heavy atom. The van der Waals surface area contributed by atoms with Crippen LogP contribution >= 0.6 is 11.6 Å². The van der Waals surface area contributed by atoms with Crippen molar-refractivity contribution in [2.24, 2.45) is 5.73 Å². The monoisotopic (exact) mass is 468 g/mol. The third-order valence-electron chi connectivity index (χ3n) is 5.93. The third-order valence-corrected chi connectivity index (χ3v) is 6.16. The second-order valence-corrected chi connectivity index (χ2v) is 8.57. The number of nitrogens with zero attached hydrogens (tertiary/aromatic N) is 1. The fourth-order valence-electron chi connectivity index (χ4n) is 4.44. The van der Waals surface area contributed by atoms with Crippen LogP contribution in [0.3, 0.4) is 0 Å². The van der Waals surface area contributed by atoms with Crippen molar-refractivity contribution in [3.05, 3.63) is 74.6 Å². The van der Waals surface area contributed by atoms with E-state index in [9.17, 15) is 14.4 Å². The van der Waals surface area contributed by atoms with E-state index in [1.54, 1.807) is 47.4 Å². The predicted molar refractivity (Wildman–Crippen MR) is 120 cm³/mol. The molecule has 2 aromatic carbocycles. The molecule has 0 aliphatic carbocycles. The molecular weight excluding hydrogens is 448 g/mol. The SMILES string of the molecule is NC(=O)COc1ccc([C@@H]2c3c(oc4ccc(Cl)cc4c3=O)C(=O)N2C[C@H]2CCCO2)cc1. The van der Waals surface area contributed by atoms with E-state index < -0.39 is 11.9 Å². The van der Waals surface area contributed by atoms with Gasteiger partial charge in [-0.15, -0.1) is 0 Å². The molecule has 0 saturated carbocycles. The molecule has 2 aliphatic rings. The van der Waals surface area contributed by atoms with Crippen molar-refractivity contribution >= 4 is 34.4 Å². The van der Waals surface area contributed by atoms with Gasteiger partial charge in [0.1, 0.15) is 11.3 Å². The van der Waals surface area contributed by atoms with Crippen LogP contribution in [-0.2, 0) is 9.53 Å². The topological polar surface area (TPSA) is 112 Å². The molecule has 1 aromatic heterocycles. The van der Waals surface area contributed by atoms with Crippen LogP contribution in [-0.4, -0.2) is 42.6 Å². The summed E-state index contributed by atoms with van der Waals surface area (Å²) >= 11 is 6.11. The van der Waals surface area contributed by atoms with E-state index in [0.29, 0.717) is 40.5 Å². The summed E-state index contributed by atoms with van der Waals surface area (Å²) in [7, 11) is 0.